The van der Waals surface area contributed by atoms with Crippen LogP contribution in [0.5, 0.6) is 0 Å². The van der Waals surface area contributed by atoms with Gasteiger partial charge in [0.15, 0.2) is 0 Å². The molecule has 234 valence electrons. The van der Waals surface area contributed by atoms with Gasteiger partial charge in [-0.2, -0.15) is 0 Å². The predicted octanol–water partition coefficient (Wildman–Crippen LogP) is 12.9. The maximum atomic E-state index is 9.90. The summed E-state index contributed by atoms with van der Waals surface area (Å²) in [5, 5.41) is 0. The normalized spacial score (nSPS) is 12.5. The van der Waals surface area contributed by atoms with Gasteiger partial charge in [0.1, 0.15) is 0 Å². The van der Waals surface area contributed by atoms with Crippen molar-refractivity contribution >= 4 is 8.60 Å². The Labute approximate surface area is 252 Å². The van der Waals surface area contributed by atoms with Crippen LogP contribution >= 0.6 is 8.60 Å². The first-order chi connectivity index (χ1) is 19.8. The molecule has 0 aromatic heterocycles. The molecule has 0 amide bonds. The van der Waals surface area contributed by atoms with E-state index in [0.29, 0.717) is 13.2 Å². The molecule has 4 heteroatoms. The summed E-state index contributed by atoms with van der Waals surface area (Å²) in [6, 6.07) is 0. The van der Waals surface area contributed by atoms with Gasteiger partial charge in [-0.05, 0) is 77.0 Å². The Hall–Kier alpha value is -0.730. The van der Waals surface area contributed by atoms with E-state index in [1.807, 2.05) is 0 Å². The van der Waals surface area contributed by atoms with Crippen molar-refractivity contribution in [2.75, 3.05) is 13.2 Å². The topological polar surface area (TPSA) is 38.7 Å². The van der Waals surface area contributed by atoms with Crippen molar-refractivity contribution in [1.29, 1.82) is 0 Å². The number of hydrogen-bond donors (Lipinski definition) is 1. The van der Waals surface area contributed by atoms with E-state index in [-0.39, 0.29) is 0 Å². The molecule has 40 heavy (non-hydrogen) atoms. The highest BCUT2D eigenvalue weighted by atomic mass is 31.2. The molecule has 0 saturated heterocycles. The zero-order chi connectivity index (χ0) is 29.0. The molecule has 0 fully saturated rings. The number of rotatable bonds is 32. The highest BCUT2D eigenvalue weighted by Crippen LogP contribution is 2.33. The van der Waals surface area contributed by atoms with E-state index in [2.05, 4.69) is 62.5 Å². The third kappa shape index (κ3) is 35.3. The molecule has 0 heterocycles. The lowest BCUT2D eigenvalue weighted by Gasteiger charge is -2.10. The van der Waals surface area contributed by atoms with Gasteiger partial charge in [-0.1, -0.05) is 140 Å². The summed E-state index contributed by atoms with van der Waals surface area (Å²) in [6.07, 6.45) is 48.2. The molecule has 0 aliphatic rings. The molecule has 0 bridgehead atoms. The third-order valence-electron chi connectivity index (χ3n) is 7.09. The Kier molecular flexibility index (Phi) is 35.6. The fourth-order valence-electron chi connectivity index (χ4n) is 4.50. The van der Waals surface area contributed by atoms with Gasteiger partial charge in [0.2, 0.25) is 0 Å². The van der Waals surface area contributed by atoms with Crippen LogP contribution in [0.25, 0.3) is 0 Å². The molecule has 0 radical (unpaired) electrons. The highest BCUT2D eigenvalue weighted by Gasteiger charge is 2.05. The molecule has 3 nitrogen and oxygen atoms in total. The SMILES string of the molecule is CCCCC/C=C\C/C=C\CCCCCCCCOP(O)OCCCCCCCC/C=C\C/C=C\CCCCC. The molecule has 1 N–H and O–H groups in total. The fraction of sp³-hybridized carbons (Fsp3) is 0.778. The van der Waals surface area contributed by atoms with Crippen molar-refractivity contribution in [3.8, 4) is 0 Å². The second-order valence-electron chi connectivity index (χ2n) is 11.1. The number of allylic oxidation sites excluding steroid dienone is 8. The van der Waals surface area contributed by atoms with Gasteiger partial charge in [-0.15, -0.1) is 0 Å². The minimum atomic E-state index is -1.69. The highest BCUT2D eigenvalue weighted by molar-refractivity contribution is 7.40. The van der Waals surface area contributed by atoms with Crippen LogP contribution in [0.4, 0.5) is 0 Å². The fourth-order valence-corrected chi connectivity index (χ4v) is 5.15. The molecule has 0 aliphatic heterocycles. The van der Waals surface area contributed by atoms with E-state index in [4.69, 9.17) is 9.05 Å². The van der Waals surface area contributed by atoms with Gasteiger partial charge >= 0.3 is 8.60 Å². The standard InChI is InChI=1S/C36H67O3P/c1-3-5-7-9-11-13-15-17-19-21-23-25-27-29-31-33-35-38-40(37)39-36-34-32-30-28-26-24-22-20-18-16-14-12-10-8-6-4-2/h11-14,17-20,37H,3-10,15-16,21-36H2,1-2H3/b13-11-,14-12-,19-17-,20-18-. The maximum absolute atomic E-state index is 9.90. The zero-order valence-electron chi connectivity index (χ0n) is 26.7. The lowest BCUT2D eigenvalue weighted by atomic mass is 10.1. The predicted molar refractivity (Wildman–Crippen MR) is 180 cm³/mol. The Morgan fingerprint density at radius 2 is 0.700 bits per heavy atom. The van der Waals surface area contributed by atoms with Crippen molar-refractivity contribution in [3.63, 3.8) is 0 Å². The van der Waals surface area contributed by atoms with Gasteiger partial charge in [0.05, 0.1) is 13.2 Å². The largest absolute Gasteiger partial charge is 0.329 e. The Morgan fingerprint density at radius 1 is 0.400 bits per heavy atom. The third-order valence-corrected chi connectivity index (χ3v) is 7.90. The quantitative estimate of drug-likeness (QED) is 0.0490. The molecular formula is C36H67O3P. The summed E-state index contributed by atoms with van der Waals surface area (Å²) in [5.74, 6) is 0. The van der Waals surface area contributed by atoms with Crippen molar-refractivity contribution in [1.82, 2.24) is 0 Å². The monoisotopic (exact) mass is 578 g/mol. The molecule has 0 atom stereocenters. The van der Waals surface area contributed by atoms with E-state index in [1.165, 1.54) is 128 Å². The zero-order valence-corrected chi connectivity index (χ0v) is 27.6. The first-order valence-electron chi connectivity index (χ1n) is 17.2. The lowest BCUT2D eigenvalue weighted by molar-refractivity contribution is 0.193. The lowest BCUT2D eigenvalue weighted by Crippen LogP contribution is -1.95. The molecular weight excluding hydrogens is 511 g/mol. The molecule has 0 aliphatic carbocycles. The number of hydrogen-bond acceptors (Lipinski definition) is 3. The van der Waals surface area contributed by atoms with E-state index in [0.717, 1.165) is 25.7 Å². The summed E-state index contributed by atoms with van der Waals surface area (Å²) in [5.41, 5.74) is 0. The molecule has 0 spiro atoms. The van der Waals surface area contributed by atoms with Crippen LogP contribution in [0.1, 0.15) is 168 Å². The minimum absolute atomic E-state index is 0.612. The van der Waals surface area contributed by atoms with Gasteiger partial charge < -0.3 is 13.9 Å². The number of unbranched alkanes of at least 4 members (excludes halogenated alkanes) is 18. The van der Waals surface area contributed by atoms with Crippen LogP contribution in [0.2, 0.25) is 0 Å². The summed E-state index contributed by atoms with van der Waals surface area (Å²) in [6.45, 7) is 5.73. The van der Waals surface area contributed by atoms with Gasteiger partial charge in [0.25, 0.3) is 0 Å². The average Bonchev–Trinajstić information content (AvgIpc) is 2.96. The van der Waals surface area contributed by atoms with Crippen molar-refractivity contribution in [2.45, 2.75) is 168 Å². The molecule has 0 rings (SSSR count). The van der Waals surface area contributed by atoms with Gasteiger partial charge in [0, 0.05) is 0 Å². The van der Waals surface area contributed by atoms with E-state index in [1.54, 1.807) is 0 Å². The van der Waals surface area contributed by atoms with E-state index >= 15 is 0 Å². The summed E-state index contributed by atoms with van der Waals surface area (Å²) in [4.78, 5) is 9.90. The Bertz CT molecular complexity index is 535. The first kappa shape index (κ1) is 39.3. The average molecular weight is 579 g/mol. The van der Waals surface area contributed by atoms with Crippen LogP contribution < -0.4 is 0 Å². The van der Waals surface area contributed by atoms with Crippen molar-refractivity contribution in [2.24, 2.45) is 0 Å². The van der Waals surface area contributed by atoms with E-state index in [9.17, 15) is 4.89 Å². The Balaban J connectivity index is 3.27. The van der Waals surface area contributed by atoms with Crippen LogP contribution in [0, 0.1) is 0 Å². The second kappa shape index (κ2) is 36.3. The van der Waals surface area contributed by atoms with Gasteiger partial charge in [-0.25, -0.2) is 0 Å². The van der Waals surface area contributed by atoms with Crippen LogP contribution in [-0.2, 0) is 9.05 Å². The van der Waals surface area contributed by atoms with Crippen molar-refractivity contribution in [3.05, 3.63) is 48.6 Å². The summed E-state index contributed by atoms with van der Waals surface area (Å²) in [7, 11) is -1.69. The van der Waals surface area contributed by atoms with E-state index < -0.39 is 8.60 Å². The molecule has 0 aromatic rings. The smallest absolute Gasteiger partial charge is 0.328 e. The molecule has 0 saturated carbocycles. The first-order valence-corrected chi connectivity index (χ1v) is 18.3. The van der Waals surface area contributed by atoms with Crippen LogP contribution in [-0.4, -0.2) is 18.1 Å². The van der Waals surface area contributed by atoms with Crippen LogP contribution in [0.3, 0.4) is 0 Å². The summed E-state index contributed by atoms with van der Waals surface area (Å²) >= 11 is 0. The minimum Gasteiger partial charge on any atom is -0.328 e. The van der Waals surface area contributed by atoms with Crippen molar-refractivity contribution < 1.29 is 13.9 Å². The second-order valence-corrected chi connectivity index (χ2v) is 12.1. The summed E-state index contributed by atoms with van der Waals surface area (Å²) < 4.78 is 10.9. The Morgan fingerprint density at radius 3 is 1.05 bits per heavy atom. The molecule has 0 aromatic carbocycles. The van der Waals surface area contributed by atoms with Gasteiger partial charge in [-0.3, -0.25) is 0 Å². The maximum Gasteiger partial charge on any atom is 0.329 e. The van der Waals surface area contributed by atoms with Crippen LogP contribution in [0.15, 0.2) is 48.6 Å². The molecule has 0 unspecified atom stereocenters.